The van der Waals surface area contributed by atoms with Crippen LogP contribution < -0.4 is 5.32 Å². The molecule has 1 rings (SSSR count). The standard InChI is InChI=1S/C14H28N2O3/c1-3-14(19)8-12-7-13(15-5-4-6-17)10-16(9-12)11(2)18/h12-15,17,19H,3-10H2,1-2H3. The zero-order chi connectivity index (χ0) is 14.3. The molecule has 0 radical (unpaired) electrons. The summed E-state index contributed by atoms with van der Waals surface area (Å²) in [5, 5.41) is 22.0. The molecule has 3 atom stereocenters. The van der Waals surface area contributed by atoms with Crippen LogP contribution in [-0.2, 0) is 4.79 Å². The van der Waals surface area contributed by atoms with Gasteiger partial charge in [0.05, 0.1) is 6.10 Å². The van der Waals surface area contributed by atoms with Crippen LogP contribution in [0.15, 0.2) is 0 Å². The van der Waals surface area contributed by atoms with Crippen LogP contribution in [0.25, 0.3) is 0 Å². The van der Waals surface area contributed by atoms with Gasteiger partial charge in [-0.3, -0.25) is 4.79 Å². The van der Waals surface area contributed by atoms with Gasteiger partial charge in [0.1, 0.15) is 0 Å². The highest BCUT2D eigenvalue weighted by molar-refractivity contribution is 5.73. The van der Waals surface area contributed by atoms with Crippen molar-refractivity contribution in [3.63, 3.8) is 0 Å². The lowest BCUT2D eigenvalue weighted by atomic mass is 9.89. The van der Waals surface area contributed by atoms with E-state index >= 15 is 0 Å². The van der Waals surface area contributed by atoms with Crippen LogP contribution >= 0.6 is 0 Å². The average molecular weight is 272 g/mol. The average Bonchev–Trinajstić information content (AvgIpc) is 2.38. The van der Waals surface area contributed by atoms with Gasteiger partial charge in [0.25, 0.3) is 0 Å². The molecule has 1 fully saturated rings. The highest BCUT2D eigenvalue weighted by Crippen LogP contribution is 2.22. The lowest BCUT2D eigenvalue weighted by Gasteiger charge is -2.38. The normalized spacial score (nSPS) is 25.4. The highest BCUT2D eigenvalue weighted by atomic mass is 16.3. The molecule has 0 aromatic heterocycles. The third-order valence-electron chi connectivity index (χ3n) is 3.83. The van der Waals surface area contributed by atoms with Crippen LogP contribution in [0.4, 0.5) is 0 Å². The van der Waals surface area contributed by atoms with Crippen LogP contribution in [0.3, 0.4) is 0 Å². The molecule has 1 heterocycles. The molecule has 1 saturated heterocycles. The van der Waals surface area contributed by atoms with E-state index < -0.39 is 0 Å². The third kappa shape index (κ3) is 5.89. The van der Waals surface area contributed by atoms with Crippen molar-refractivity contribution in [2.24, 2.45) is 5.92 Å². The Morgan fingerprint density at radius 1 is 1.47 bits per heavy atom. The Labute approximate surface area is 116 Å². The van der Waals surface area contributed by atoms with E-state index in [0.29, 0.717) is 5.92 Å². The Kier molecular flexibility index (Phi) is 7.34. The quantitative estimate of drug-likeness (QED) is 0.585. The van der Waals surface area contributed by atoms with E-state index in [1.807, 2.05) is 11.8 Å². The van der Waals surface area contributed by atoms with Gasteiger partial charge in [0, 0.05) is 32.7 Å². The summed E-state index contributed by atoms with van der Waals surface area (Å²) in [6.07, 6.45) is 2.98. The maximum absolute atomic E-state index is 11.6. The second-order valence-corrected chi connectivity index (χ2v) is 5.55. The molecule has 5 nitrogen and oxygen atoms in total. The predicted molar refractivity (Wildman–Crippen MR) is 74.8 cm³/mol. The molecule has 1 aliphatic heterocycles. The smallest absolute Gasteiger partial charge is 0.219 e. The molecular formula is C14H28N2O3. The number of piperidine rings is 1. The van der Waals surface area contributed by atoms with Crippen molar-refractivity contribution in [1.82, 2.24) is 10.2 Å². The van der Waals surface area contributed by atoms with E-state index in [4.69, 9.17) is 5.11 Å². The molecule has 0 aromatic carbocycles. The van der Waals surface area contributed by atoms with Crippen molar-refractivity contribution in [2.45, 2.75) is 51.7 Å². The van der Waals surface area contributed by atoms with Crippen molar-refractivity contribution in [1.29, 1.82) is 0 Å². The Bertz CT molecular complexity index is 273. The number of aliphatic hydroxyl groups is 2. The third-order valence-corrected chi connectivity index (χ3v) is 3.83. The minimum absolute atomic E-state index is 0.102. The van der Waals surface area contributed by atoms with Crippen LogP contribution in [0, 0.1) is 5.92 Å². The Morgan fingerprint density at radius 3 is 2.79 bits per heavy atom. The van der Waals surface area contributed by atoms with Crippen LogP contribution in [0.2, 0.25) is 0 Å². The molecule has 0 aliphatic carbocycles. The van der Waals surface area contributed by atoms with Gasteiger partial charge in [0.2, 0.25) is 5.91 Å². The van der Waals surface area contributed by atoms with Gasteiger partial charge in [0.15, 0.2) is 0 Å². The van der Waals surface area contributed by atoms with E-state index in [1.54, 1.807) is 6.92 Å². The highest BCUT2D eigenvalue weighted by Gasteiger charge is 2.29. The van der Waals surface area contributed by atoms with E-state index in [1.165, 1.54) is 0 Å². The number of likely N-dealkylation sites (tertiary alicyclic amines) is 1. The van der Waals surface area contributed by atoms with Gasteiger partial charge in [-0.1, -0.05) is 6.92 Å². The summed E-state index contributed by atoms with van der Waals surface area (Å²) in [5.41, 5.74) is 0. The molecule has 3 unspecified atom stereocenters. The topological polar surface area (TPSA) is 72.8 Å². The van der Waals surface area contributed by atoms with Gasteiger partial charge >= 0.3 is 0 Å². The van der Waals surface area contributed by atoms with Crippen molar-refractivity contribution < 1.29 is 15.0 Å². The molecule has 1 aliphatic rings. The number of nitrogens with one attached hydrogen (secondary N) is 1. The van der Waals surface area contributed by atoms with Crippen molar-refractivity contribution in [3.05, 3.63) is 0 Å². The maximum Gasteiger partial charge on any atom is 0.219 e. The fourth-order valence-corrected chi connectivity index (χ4v) is 2.72. The lowest BCUT2D eigenvalue weighted by Crippen LogP contribution is -2.51. The van der Waals surface area contributed by atoms with E-state index in [9.17, 15) is 9.90 Å². The number of carbonyl (C=O) groups excluding carboxylic acids is 1. The first-order valence-corrected chi connectivity index (χ1v) is 7.34. The summed E-state index contributed by atoms with van der Waals surface area (Å²) < 4.78 is 0. The molecule has 0 bridgehead atoms. The fraction of sp³-hybridized carbons (Fsp3) is 0.929. The zero-order valence-electron chi connectivity index (χ0n) is 12.1. The van der Waals surface area contributed by atoms with E-state index in [2.05, 4.69) is 5.32 Å². The van der Waals surface area contributed by atoms with Crippen LogP contribution in [0.1, 0.15) is 39.5 Å². The molecule has 5 heteroatoms. The number of nitrogens with zero attached hydrogens (tertiary/aromatic N) is 1. The minimum atomic E-state index is -0.269. The monoisotopic (exact) mass is 272 g/mol. The molecule has 0 aromatic rings. The molecule has 3 N–H and O–H groups in total. The number of hydrogen-bond donors (Lipinski definition) is 3. The molecule has 112 valence electrons. The van der Waals surface area contributed by atoms with E-state index in [0.717, 1.165) is 45.3 Å². The number of aliphatic hydroxyl groups excluding tert-OH is 2. The fourth-order valence-electron chi connectivity index (χ4n) is 2.72. The van der Waals surface area contributed by atoms with Gasteiger partial charge in [-0.25, -0.2) is 0 Å². The summed E-state index contributed by atoms with van der Waals surface area (Å²) >= 11 is 0. The van der Waals surface area contributed by atoms with Crippen LogP contribution in [0.5, 0.6) is 0 Å². The molecule has 0 saturated carbocycles. The maximum atomic E-state index is 11.6. The Morgan fingerprint density at radius 2 is 2.21 bits per heavy atom. The zero-order valence-corrected chi connectivity index (χ0v) is 12.1. The van der Waals surface area contributed by atoms with Gasteiger partial charge in [-0.05, 0) is 38.1 Å². The number of carbonyl (C=O) groups is 1. The van der Waals surface area contributed by atoms with Gasteiger partial charge in [-0.2, -0.15) is 0 Å². The van der Waals surface area contributed by atoms with Gasteiger partial charge < -0.3 is 20.4 Å². The molecule has 1 amide bonds. The number of rotatable bonds is 7. The predicted octanol–water partition coefficient (Wildman–Crippen LogP) is 0.356. The largest absolute Gasteiger partial charge is 0.396 e. The second kappa shape index (κ2) is 8.51. The number of amides is 1. The summed E-state index contributed by atoms with van der Waals surface area (Å²) in [4.78, 5) is 13.4. The van der Waals surface area contributed by atoms with Gasteiger partial charge in [-0.15, -0.1) is 0 Å². The minimum Gasteiger partial charge on any atom is -0.396 e. The molecule has 19 heavy (non-hydrogen) atoms. The Hall–Kier alpha value is -0.650. The Balaban J connectivity index is 2.50. The summed E-state index contributed by atoms with van der Waals surface area (Å²) in [7, 11) is 0. The number of hydrogen-bond acceptors (Lipinski definition) is 4. The van der Waals surface area contributed by atoms with E-state index in [-0.39, 0.29) is 24.7 Å². The van der Waals surface area contributed by atoms with Crippen molar-refractivity contribution >= 4 is 5.91 Å². The first-order valence-electron chi connectivity index (χ1n) is 7.34. The first kappa shape index (κ1) is 16.4. The summed E-state index contributed by atoms with van der Waals surface area (Å²) in [6.45, 7) is 6.03. The first-order chi connectivity index (χ1) is 9.06. The SMILES string of the molecule is CCC(O)CC1CC(NCCCO)CN(C(C)=O)C1. The van der Waals surface area contributed by atoms with Crippen LogP contribution in [-0.4, -0.2) is 59.4 Å². The van der Waals surface area contributed by atoms with Crippen molar-refractivity contribution in [3.8, 4) is 0 Å². The second-order valence-electron chi connectivity index (χ2n) is 5.55. The summed E-state index contributed by atoms with van der Waals surface area (Å²) in [5.74, 6) is 0.462. The molecule has 0 spiro atoms. The summed E-state index contributed by atoms with van der Waals surface area (Å²) in [6, 6.07) is 0.276. The lowest BCUT2D eigenvalue weighted by molar-refractivity contribution is -0.131. The molecular weight excluding hydrogens is 244 g/mol. The van der Waals surface area contributed by atoms with Crippen molar-refractivity contribution in [2.75, 3.05) is 26.2 Å².